The number of hydrogen-bond acceptors (Lipinski definition) is 4. The van der Waals surface area contributed by atoms with Crippen LogP contribution in [0.1, 0.15) is 51.4 Å². The number of carbonyl (C=O) groups excluding carboxylic acids is 2. The third-order valence-electron chi connectivity index (χ3n) is 5.61. The summed E-state index contributed by atoms with van der Waals surface area (Å²) in [6.07, 6.45) is 7.82. The highest BCUT2D eigenvalue weighted by Crippen LogP contribution is 2.26. The lowest BCUT2D eigenvalue weighted by molar-refractivity contribution is -0.165. The van der Waals surface area contributed by atoms with Crippen molar-refractivity contribution in [1.29, 1.82) is 0 Å². The van der Waals surface area contributed by atoms with E-state index in [1.54, 1.807) is 7.11 Å². The average molecular weight is 338 g/mol. The van der Waals surface area contributed by atoms with Gasteiger partial charge in [-0.1, -0.05) is 6.42 Å². The van der Waals surface area contributed by atoms with E-state index in [1.807, 2.05) is 9.80 Å². The van der Waals surface area contributed by atoms with Crippen LogP contribution in [0.5, 0.6) is 0 Å². The van der Waals surface area contributed by atoms with Crippen molar-refractivity contribution in [2.24, 2.45) is 5.92 Å². The average Bonchev–Trinajstić information content (AvgIpc) is 3.16. The molecule has 3 rings (SSSR count). The summed E-state index contributed by atoms with van der Waals surface area (Å²) in [6, 6.07) is 0.0948. The maximum atomic E-state index is 12.6. The molecule has 0 aromatic carbocycles. The van der Waals surface area contributed by atoms with Gasteiger partial charge in [0.05, 0.1) is 12.0 Å². The number of likely N-dealkylation sites (tertiary alicyclic amines) is 2. The van der Waals surface area contributed by atoms with E-state index in [9.17, 15) is 9.59 Å². The second-order valence-corrected chi connectivity index (χ2v) is 7.30. The molecule has 3 fully saturated rings. The molecule has 3 aliphatic rings. The number of rotatable bonds is 3. The topological polar surface area (TPSA) is 59.1 Å². The van der Waals surface area contributed by atoms with Gasteiger partial charge < -0.3 is 19.3 Å². The predicted octanol–water partition coefficient (Wildman–Crippen LogP) is 2.42. The van der Waals surface area contributed by atoms with Crippen LogP contribution < -0.4 is 0 Å². The molecule has 1 aliphatic carbocycles. The van der Waals surface area contributed by atoms with E-state index >= 15 is 0 Å². The molecule has 3 atom stereocenters. The van der Waals surface area contributed by atoms with Crippen molar-refractivity contribution < 1.29 is 19.1 Å². The number of piperidine rings is 1. The number of hydrogen-bond donors (Lipinski definition) is 0. The largest absolute Gasteiger partial charge is 0.459 e. The summed E-state index contributed by atoms with van der Waals surface area (Å²) in [5.41, 5.74) is 0. The van der Waals surface area contributed by atoms with Crippen LogP contribution >= 0.6 is 0 Å². The molecule has 0 spiro atoms. The molecule has 136 valence electrons. The quantitative estimate of drug-likeness (QED) is 0.742. The zero-order valence-corrected chi connectivity index (χ0v) is 14.7. The molecule has 2 aliphatic heterocycles. The molecule has 1 saturated carbocycles. The second-order valence-electron chi connectivity index (χ2n) is 7.30. The fourth-order valence-corrected chi connectivity index (χ4v) is 4.16. The first kappa shape index (κ1) is 17.5. The smallest absolute Gasteiger partial charge is 0.320 e. The number of carbonyl (C=O) groups is 2. The van der Waals surface area contributed by atoms with Crippen LogP contribution in [0.4, 0.5) is 4.79 Å². The van der Waals surface area contributed by atoms with Crippen LogP contribution in [0.15, 0.2) is 0 Å². The molecule has 6 nitrogen and oxygen atoms in total. The van der Waals surface area contributed by atoms with Crippen molar-refractivity contribution in [3.8, 4) is 0 Å². The van der Waals surface area contributed by atoms with E-state index < -0.39 is 0 Å². The minimum atomic E-state index is -0.190. The summed E-state index contributed by atoms with van der Waals surface area (Å²) in [5, 5.41) is 0. The predicted molar refractivity (Wildman–Crippen MR) is 89.6 cm³/mol. The maximum absolute atomic E-state index is 12.6. The van der Waals surface area contributed by atoms with Crippen LogP contribution in [0.25, 0.3) is 0 Å². The number of methoxy groups -OCH3 is 1. The molecule has 2 heterocycles. The molecule has 0 bridgehead atoms. The number of amides is 2. The minimum absolute atomic E-state index is 0.0219. The lowest BCUT2D eigenvalue weighted by Crippen LogP contribution is -2.49. The van der Waals surface area contributed by atoms with Gasteiger partial charge in [0.1, 0.15) is 6.10 Å². The third-order valence-corrected chi connectivity index (χ3v) is 5.61. The Morgan fingerprint density at radius 1 is 0.833 bits per heavy atom. The Balaban J connectivity index is 1.53. The van der Waals surface area contributed by atoms with Crippen molar-refractivity contribution in [2.45, 2.75) is 63.6 Å². The number of nitrogens with zero attached hydrogens (tertiary/aromatic N) is 2. The molecule has 0 aromatic heterocycles. The Hall–Kier alpha value is -1.30. The second kappa shape index (κ2) is 8.19. The Morgan fingerprint density at radius 2 is 1.50 bits per heavy atom. The fourth-order valence-electron chi connectivity index (χ4n) is 4.16. The zero-order valence-electron chi connectivity index (χ0n) is 14.7. The SMILES string of the molecule is CO[C@@H]1CCCC[C@@H]1OC(=O)[C@@H]1CCCN(C(=O)N2CCCC2)C1. The summed E-state index contributed by atoms with van der Waals surface area (Å²) >= 11 is 0. The van der Waals surface area contributed by atoms with Gasteiger partial charge in [-0.15, -0.1) is 0 Å². The van der Waals surface area contributed by atoms with Gasteiger partial charge in [-0.25, -0.2) is 4.79 Å². The van der Waals surface area contributed by atoms with Crippen LogP contribution in [0, 0.1) is 5.92 Å². The molecule has 2 amide bonds. The summed E-state index contributed by atoms with van der Waals surface area (Å²) in [5.74, 6) is -0.340. The van der Waals surface area contributed by atoms with Crippen LogP contribution in [0.3, 0.4) is 0 Å². The van der Waals surface area contributed by atoms with Crippen molar-refractivity contribution in [2.75, 3.05) is 33.3 Å². The molecule has 0 radical (unpaired) electrons. The van der Waals surface area contributed by atoms with Crippen molar-refractivity contribution in [1.82, 2.24) is 9.80 Å². The fraction of sp³-hybridized carbons (Fsp3) is 0.889. The van der Waals surface area contributed by atoms with Gasteiger partial charge in [0.25, 0.3) is 0 Å². The lowest BCUT2D eigenvalue weighted by Gasteiger charge is -2.36. The van der Waals surface area contributed by atoms with E-state index in [4.69, 9.17) is 9.47 Å². The van der Waals surface area contributed by atoms with Crippen LogP contribution in [-0.2, 0) is 14.3 Å². The van der Waals surface area contributed by atoms with Crippen LogP contribution in [-0.4, -0.2) is 67.3 Å². The van der Waals surface area contributed by atoms with Crippen molar-refractivity contribution >= 4 is 12.0 Å². The first-order valence-electron chi connectivity index (χ1n) is 9.46. The van der Waals surface area contributed by atoms with Gasteiger partial charge in [0.15, 0.2) is 0 Å². The Kier molecular flexibility index (Phi) is 5.98. The van der Waals surface area contributed by atoms with E-state index in [0.29, 0.717) is 6.54 Å². The molecule has 0 unspecified atom stereocenters. The molecular weight excluding hydrogens is 308 g/mol. The summed E-state index contributed by atoms with van der Waals surface area (Å²) in [7, 11) is 1.69. The highest BCUT2D eigenvalue weighted by atomic mass is 16.6. The molecule has 2 saturated heterocycles. The number of esters is 1. The Morgan fingerprint density at radius 3 is 2.21 bits per heavy atom. The Bertz CT molecular complexity index is 450. The van der Waals surface area contributed by atoms with Gasteiger partial charge in [-0.05, 0) is 44.9 Å². The summed E-state index contributed by atoms with van der Waals surface area (Å²) in [6.45, 7) is 2.95. The normalized spacial score (nSPS) is 31.1. The highest BCUT2D eigenvalue weighted by Gasteiger charge is 2.35. The van der Waals surface area contributed by atoms with Crippen LogP contribution in [0.2, 0.25) is 0 Å². The van der Waals surface area contributed by atoms with E-state index in [2.05, 4.69) is 0 Å². The first-order chi connectivity index (χ1) is 11.7. The molecular formula is C18H30N2O4. The highest BCUT2D eigenvalue weighted by molar-refractivity contribution is 5.77. The molecule has 0 N–H and O–H groups in total. The standard InChI is InChI=1S/C18H30N2O4/c1-23-15-8-2-3-9-16(15)24-17(21)14-7-6-12-20(13-14)18(22)19-10-4-5-11-19/h14-16H,2-13H2,1H3/t14-,15-,16+/m1/s1. The monoisotopic (exact) mass is 338 g/mol. The van der Waals surface area contributed by atoms with E-state index in [1.165, 1.54) is 0 Å². The third kappa shape index (κ3) is 4.02. The number of urea groups is 1. The van der Waals surface area contributed by atoms with Gasteiger partial charge >= 0.3 is 12.0 Å². The maximum Gasteiger partial charge on any atom is 0.320 e. The minimum Gasteiger partial charge on any atom is -0.459 e. The first-order valence-corrected chi connectivity index (χ1v) is 9.46. The van der Waals surface area contributed by atoms with E-state index in [-0.39, 0.29) is 30.1 Å². The van der Waals surface area contributed by atoms with Gasteiger partial charge in [0.2, 0.25) is 0 Å². The zero-order chi connectivity index (χ0) is 16.9. The molecule has 6 heteroatoms. The number of ether oxygens (including phenoxy) is 2. The molecule has 24 heavy (non-hydrogen) atoms. The van der Waals surface area contributed by atoms with E-state index in [0.717, 1.165) is 71.0 Å². The van der Waals surface area contributed by atoms with Gasteiger partial charge in [0, 0.05) is 33.3 Å². The summed E-state index contributed by atoms with van der Waals surface area (Å²) in [4.78, 5) is 28.9. The van der Waals surface area contributed by atoms with Gasteiger partial charge in [-0.2, -0.15) is 0 Å². The lowest BCUT2D eigenvalue weighted by atomic mass is 9.94. The van der Waals surface area contributed by atoms with Crippen molar-refractivity contribution in [3.05, 3.63) is 0 Å². The Labute approximate surface area is 144 Å². The molecule has 0 aromatic rings. The summed E-state index contributed by atoms with van der Waals surface area (Å²) < 4.78 is 11.2. The van der Waals surface area contributed by atoms with Gasteiger partial charge in [-0.3, -0.25) is 4.79 Å². The van der Waals surface area contributed by atoms with Crippen molar-refractivity contribution in [3.63, 3.8) is 0 Å².